The number of unbranched alkanes of at least 4 members (excludes halogenated alkanes) is 28. The highest BCUT2D eigenvalue weighted by atomic mass is 16.6. The van der Waals surface area contributed by atoms with Gasteiger partial charge in [-0.15, -0.1) is 0 Å². The summed E-state index contributed by atoms with van der Waals surface area (Å²) in [5.74, 6) is -1.25. The summed E-state index contributed by atoms with van der Waals surface area (Å²) in [5.41, 5.74) is 0. The number of carbonyl (C=O) groups excluding carboxylic acids is 3. The molecule has 0 bridgehead atoms. The quantitative estimate of drug-likeness (QED) is 0.0491. The number of hydrogen-bond donors (Lipinski definition) is 1. The van der Waals surface area contributed by atoms with Crippen LogP contribution in [0.4, 0.5) is 0 Å². The number of hydrogen-bond acceptors (Lipinski definition) is 7. The van der Waals surface area contributed by atoms with Crippen LogP contribution in [0.5, 0.6) is 0 Å². The average molecular weight is 740 g/mol. The highest BCUT2D eigenvalue weighted by molar-refractivity contribution is 5.84. The fraction of sp³-hybridized carbons (Fsp3) is 0.932. The summed E-state index contributed by atoms with van der Waals surface area (Å²) in [5, 5.41) is 2.74. The van der Waals surface area contributed by atoms with E-state index in [1.807, 2.05) is 0 Å². The summed E-state index contributed by atoms with van der Waals surface area (Å²) < 4.78 is 21.3. The van der Waals surface area contributed by atoms with Gasteiger partial charge in [-0.2, -0.15) is 0 Å². The first-order valence-electron chi connectivity index (χ1n) is 22.2. The molecule has 0 spiro atoms. The van der Waals surface area contributed by atoms with Gasteiger partial charge in [0, 0.05) is 26.5 Å². The van der Waals surface area contributed by atoms with Crippen LogP contribution in [-0.2, 0) is 33.3 Å². The number of ether oxygens (including phenoxy) is 4. The van der Waals surface area contributed by atoms with E-state index in [9.17, 15) is 14.4 Å². The predicted molar refractivity (Wildman–Crippen MR) is 216 cm³/mol. The Labute approximate surface area is 321 Å². The lowest BCUT2D eigenvalue weighted by atomic mass is 10.0. The van der Waals surface area contributed by atoms with Crippen molar-refractivity contribution in [3.05, 3.63) is 0 Å². The first-order chi connectivity index (χ1) is 25.5. The van der Waals surface area contributed by atoms with Gasteiger partial charge in [0.05, 0.1) is 19.8 Å². The van der Waals surface area contributed by atoms with Crippen molar-refractivity contribution >= 4 is 17.8 Å². The Bertz CT molecular complexity index is 778. The van der Waals surface area contributed by atoms with Gasteiger partial charge in [0.15, 0.2) is 0 Å². The summed E-state index contributed by atoms with van der Waals surface area (Å²) >= 11 is 0. The lowest BCUT2D eigenvalue weighted by Gasteiger charge is -2.18. The van der Waals surface area contributed by atoms with Crippen LogP contribution >= 0.6 is 0 Å². The molecule has 0 heterocycles. The third-order valence-corrected chi connectivity index (χ3v) is 9.91. The van der Waals surface area contributed by atoms with Gasteiger partial charge >= 0.3 is 11.9 Å². The van der Waals surface area contributed by atoms with Crippen LogP contribution < -0.4 is 5.32 Å². The molecule has 8 nitrogen and oxygen atoms in total. The number of esters is 2. The largest absolute Gasteiger partial charge is 0.461 e. The van der Waals surface area contributed by atoms with Gasteiger partial charge in [-0.05, 0) is 12.8 Å². The van der Waals surface area contributed by atoms with Gasteiger partial charge < -0.3 is 24.3 Å². The van der Waals surface area contributed by atoms with Crippen molar-refractivity contribution in [2.45, 2.75) is 225 Å². The van der Waals surface area contributed by atoms with Gasteiger partial charge in [0.2, 0.25) is 6.10 Å². The minimum Gasteiger partial charge on any atom is -0.461 e. The van der Waals surface area contributed by atoms with Crippen LogP contribution in [0.2, 0.25) is 0 Å². The van der Waals surface area contributed by atoms with E-state index in [1.54, 1.807) is 7.11 Å². The Balaban J connectivity index is 4.13. The number of carbonyl (C=O) groups is 3. The second-order valence-electron chi connectivity index (χ2n) is 15.0. The zero-order valence-corrected chi connectivity index (χ0v) is 34.6. The number of methoxy groups -OCH3 is 1. The Morgan fingerprint density at radius 1 is 0.462 bits per heavy atom. The minimum atomic E-state index is -1.16. The summed E-state index contributed by atoms with van der Waals surface area (Å²) in [6.07, 6.45) is 37.3. The molecule has 8 heteroatoms. The third kappa shape index (κ3) is 38.1. The summed E-state index contributed by atoms with van der Waals surface area (Å²) in [6.45, 7) is 5.75. The molecule has 0 saturated carbocycles. The van der Waals surface area contributed by atoms with Crippen LogP contribution in [0.25, 0.3) is 0 Å². The number of rotatable bonds is 42. The smallest absolute Gasteiger partial charge is 0.306 e. The van der Waals surface area contributed by atoms with Gasteiger partial charge in [0.1, 0.15) is 6.61 Å². The molecule has 1 atom stereocenters. The van der Waals surface area contributed by atoms with E-state index in [0.717, 1.165) is 38.5 Å². The van der Waals surface area contributed by atoms with Crippen LogP contribution in [-0.4, -0.2) is 64.0 Å². The first kappa shape index (κ1) is 50.3. The molecule has 0 aromatic carbocycles. The Hall–Kier alpha value is -1.67. The topological polar surface area (TPSA) is 100 Å². The third-order valence-electron chi connectivity index (χ3n) is 9.91. The van der Waals surface area contributed by atoms with E-state index in [-0.39, 0.29) is 25.5 Å². The molecule has 52 heavy (non-hydrogen) atoms. The van der Waals surface area contributed by atoms with Crippen molar-refractivity contribution in [3.63, 3.8) is 0 Å². The van der Waals surface area contributed by atoms with Crippen LogP contribution in [0.1, 0.15) is 219 Å². The second-order valence-corrected chi connectivity index (χ2v) is 15.0. The zero-order chi connectivity index (χ0) is 38.0. The van der Waals surface area contributed by atoms with Gasteiger partial charge in [0.25, 0.3) is 5.91 Å². The lowest BCUT2D eigenvalue weighted by Crippen LogP contribution is -2.42. The number of amides is 1. The van der Waals surface area contributed by atoms with E-state index in [4.69, 9.17) is 18.9 Å². The van der Waals surface area contributed by atoms with Crippen LogP contribution in [0, 0.1) is 0 Å². The number of nitrogens with one attached hydrogen (secondary N) is 1. The van der Waals surface area contributed by atoms with E-state index in [0.29, 0.717) is 26.2 Å². The molecule has 1 amide bonds. The molecule has 0 saturated heterocycles. The molecule has 1 unspecified atom stereocenters. The molecule has 0 radical (unpaired) electrons. The highest BCUT2D eigenvalue weighted by Gasteiger charge is 2.24. The van der Waals surface area contributed by atoms with E-state index < -0.39 is 18.0 Å². The van der Waals surface area contributed by atoms with Gasteiger partial charge in [-0.3, -0.25) is 14.4 Å². The van der Waals surface area contributed by atoms with Crippen LogP contribution in [0.3, 0.4) is 0 Å². The fourth-order valence-electron chi connectivity index (χ4n) is 6.51. The van der Waals surface area contributed by atoms with Crippen molar-refractivity contribution in [2.75, 3.05) is 40.1 Å². The van der Waals surface area contributed by atoms with Gasteiger partial charge in [-0.1, -0.05) is 194 Å². The van der Waals surface area contributed by atoms with Crippen molar-refractivity contribution in [2.24, 2.45) is 0 Å². The van der Waals surface area contributed by atoms with Crippen molar-refractivity contribution in [1.82, 2.24) is 5.32 Å². The molecule has 1 N–H and O–H groups in total. The average Bonchev–Trinajstić information content (AvgIpc) is 3.14. The van der Waals surface area contributed by atoms with Crippen molar-refractivity contribution in [3.8, 4) is 0 Å². The second kappa shape index (κ2) is 42.1. The maximum Gasteiger partial charge on any atom is 0.306 e. The molecular weight excluding hydrogens is 654 g/mol. The lowest BCUT2D eigenvalue weighted by molar-refractivity contribution is -0.164. The molecule has 0 rings (SSSR count). The molecule has 0 fully saturated rings. The zero-order valence-electron chi connectivity index (χ0n) is 34.6. The molecule has 0 aliphatic heterocycles. The van der Waals surface area contributed by atoms with E-state index in [1.165, 1.54) is 154 Å². The van der Waals surface area contributed by atoms with Crippen molar-refractivity contribution < 1.29 is 33.3 Å². The SMILES string of the molecule is CCCCCCCCCCCCCCCCCC(=O)OCC(OC(=O)CCCCCCCCCCCCCCCCC)C(=O)NCCOCCOC. The molecule has 308 valence electrons. The highest BCUT2D eigenvalue weighted by Crippen LogP contribution is 2.16. The Morgan fingerprint density at radius 2 is 0.827 bits per heavy atom. The molecule has 0 aromatic heterocycles. The summed E-state index contributed by atoms with van der Waals surface area (Å²) in [6, 6.07) is 0. The standard InChI is InChI=1S/C44H85NO7/c1-4-6-8-10-12-14-16-18-20-22-24-26-28-30-32-34-42(46)51-40-41(44(48)45-36-37-50-39-38-49-3)52-43(47)35-33-31-29-27-25-23-21-19-17-15-13-11-9-7-5-2/h41H,4-40H2,1-3H3,(H,45,48). The predicted octanol–water partition coefficient (Wildman–Crippen LogP) is 11.7. The van der Waals surface area contributed by atoms with Crippen LogP contribution in [0.15, 0.2) is 0 Å². The first-order valence-corrected chi connectivity index (χ1v) is 22.2. The Kier molecular flexibility index (Phi) is 40.7. The summed E-state index contributed by atoms with van der Waals surface area (Å²) in [7, 11) is 1.60. The monoisotopic (exact) mass is 740 g/mol. The van der Waals surface area contributed by atoms with Gasteiger partial charge in [-0.25, -0.2) is 0 Å². The molecule has 0 aromatic rings. The molecule has 0 aliphatic carbocycles. The molecule has 0 aliphatic rings. The van der Waals surface area contributed by atoms with Crippen molar-refractivity contribution in [1.29, 1.82) is 0 Å². The van der Waals surface area contributed by atoms with E-state index >= 15 is 0 Å². The maximum absolute atomic E-state index is 12.8. The minimum absolute atomic E-state index is 0.259. The maximum atomic E-state index is 12.8. The molecular formula is C44H85NO7. The summed E-state index contributed by atoms with van der Waals surface area (Å²) in [4.78, 5) is 37.9. The normalized spacial score (nSPS) is 11.8. The fourth-order valence-corrected chi connectivity index (χ4v) is 6.51. The van der Waals surface area contributed by atoms with E-state index in [2.05, 4.69) is 19.2 Å². The Morgan fingerprint density at radius 3 is 1.21 bits per heavy atom.